The van der Waals surface area contributed by atoms with Crippen LogP contribution in [0.1, 0.15) is 51.8 Å². The van der Waals surface area contributed by atoms with Gasteiger partial charge in [-0.3, -0.25) is 4.79 Å². The molecular formula is C26H30O. The lowest BCUT2D eigenvalue weighted by Crippen LogP contribution is -2.14. The van der Waals surface area contributed by atoms with Crippen LogP contribution in [-0.4, -0.2) is 5.78 Å². The lowest BCUT2D eigenvalue weighted by atomic mass is 9.84. The highest BCUT2D eigenvalue weighted by Gasteiger charge is 2.30. The van der Waals surface area contributed by atoms with E-state index < -0.39 is 0 Å². The van der Waals surface area contributed by atoms with Crippen molar-refractivity contribution < 1.29 is 4.79 Å². The van der Waals surface area contributed by atoms with Gasteiger partial charge in [0.05, 0.1) is 0 Å². The molecule has 1 aliphatic carbocycles. The molecule has 3 rings (SSSR count). The molecule has 0 saturated heterocycles. The summed E-state index contributed by atoms with van der Waals surface area (Å²) >= 11 is 0. The van der Waals surface area contributed by atoms with Crippen molar-refractivity contribution in [3.05, 3.63) is 87.0 Å². The first kappa shape index (κ1) is 19.4. The zero-order chi connectivity index (χ0) is 19.6. The Labute approximate surface area is 163 Å². The van der Waals surface area contributed by atoms with Crippen LogP contribution in [0.4, 0.5) is 0 Å². The second-order valence-corrected chi connectivity index (χ2v) is 7.87. The molecule has 1 saturated carbocycles. The van der Waals surface area contributed by atoms with Gasteiger partial charge in [0.2, 0.25) is 0 Å². The second kappa shape index (κ2) is 8.08. The molecule has 0 aliphatic heterocycles. The van der Waals surface area contributed by atoms with E-state index in [9.17, 15) is 4.79 Å². The quantitative estimate of drug-likeness (QED) is 0.579. The van der Waals surface area contributed by atoms with Gasteiger partial charge in [0, 0.05) is 5.92 Å². The largest absolute Gasteiger partial charge is 0.294 e. The average Bonchev–Trinajstić information content (AvgIpc) is 3.02. The third kappa shape index (κ3) is 3.98. The van der Waals surface area contributed by atoms with Gasteiger partial charge in [0.1, 0.15) is 0 Å². The number of benzene rings is 2. The van der Waals surface area contributed by atoms with Crippen LogP contribution in [0.5, 0.6) is 0 Å². The summed E-state index contributed by atoms with van der Waals surface area (Å²) in [5.74, 6) is 0.461. The summed E-state index contributed by atoms with van der Waals surface area (Å²) in [5, 5.41) is 0. The number of allylic oxidation sites excluding steroid dienone is 3. The van der Waals surface area contributed by atoms with Crippen LogP contribution < -0.4 is 0 Å². The van der Waals surface area contributed by atoms with Crippen molar-refractivity contribution in [1.29, 1.82) is 0 Å². The predicted molar refractivity (Wildman–Crippen MR) is 115 cm³/mol. The minimum Gasteiger partial charge on any atom is -0.294 e. The molecule has 0 bridgehead atoms. The maximum atomic E-state index is 12.9. The zero-order valence-electron chi connectivity index (χ0n) is 17.2. The van der Waals surface area contributed by atoms with Crippen molar-refractivity contribution in [1.82, 2.24) is 0 Å². The van der Waals surface area contributed by atoms with Crippen LogP contribution in [-0.2, 0) is 11.2 Å². The number of hydrogen-bond donors (Lipinski definition) is 0. The number of carbonyl (C=O) groups is 1. The van der Waals surface area contributed by atoms with Gasteiger partial charge in [-0.15, -0.1) is 0 Å². The van der Waals surface area contributed by atoms with Crippen LogP contribution in [0.3, 0.4) is 0 Å². The Bertz CT molecular complexity index is 884. The summed E-state index contributed by atoms with van der Waals surface area (Å²) in [5.41, 5.74) is 10.4. The molecule has 140 valence electrons. The molecule has 1 nitrogen and oxygen atoms in total. The molecule has 2 aromatic carbocycles. The van der Waals surface area contributed by atoms with Crippen LogP contribution >= 0.6 is 0 Å². The molecule has 2 aromatic rings. The molecule has 1 heteroatoms. The summed E-state index contributed by atoms with van der Waals surface area (Å²) in [6.07, 6.45) is 8.83. The number of Topliss-reactive ketones (excluding diaryl/α,β-unsaturated/α-hetero) is 1. The van der Waals surface area contributed by atoms with Crippen LogP contribution in [0.15, 0.2) is 48.1 Å². The van der Waals surface area contributed by atoms with E-state index in [1.54, 1.807) is 0 Å². The molecule has 1 atom stereocenters. The van der Waals surface area contributed by atoms with E-state index in [4.69, 9.17) is 0 Å². The van der Waals surface area contributed by atoms with Gasteiger partial charge in [-0.25, -0.2) is 0 Å². The highest BCUT2D eigenvalue weighted by molar-refractivity contribution is 5.99. The number of carbonyl (C=O) groups excluding carboxylic acids is 1. The lowest BCUT2D eigenvalue weighted by Gasteiger charge is -2.20. The van der Waals surface area contributed by atoms with E-state index in [0.717, 1.165) is 30.4 Å². The summed E-state index contributed by atoms with van der Waals surface area (Å²) < 4.78 is 0. The van der Waals surface area contributed by atoms with Gasteiger partial charge in [-0.1, -0.05) is 48.6 Å². The number of hydrogen-bond acceptors (Lipinski definition) is 1. The van der Waals surface area contributed by atoms with Crippen LogP contribution in [0.2, 0.25) is 0 Å². The maximum Gasteiger partial charge on any atom is 0.162 e. The van der Waals surface area contributed by atoms with Gasteiger partial charge in [-0.05, 0) is 98.4 Å². The third-order valence-electron chi connectivity index (χ3n) is 6.44. The molecule has 1 fully saturated rings. The summed E-state index contributed by atoms with van der Waals surface area (Å²) in [6.45, 7) is 11.0. The molecule has 0 aromatic heterocycles. The van der Waals surface area contributed by atoms with E-state index >= 15 is 0 Å². The Kier molecular flexibility index (Phi) is 5.79. The highest BCUT2D eigenvalue weighted by Crippen LogP contribution is 2.34. The van der Waals surface area contributed by atoms with Crippen molar-refractivity contribution in [2.45, 2.75) is 53.9 Å². The fourth-order valence-electron chi connectivity index (χ4n) is 4.18. The zero-order valence-corrected chi connectivity index (χ0v) is 17.2. The number of rotatable bonds is 4. The van der Waals surface area contributed by atoms with Gasteiger partial charge < -0.3 is 0 Å². The van der Waals surface area contributed by atoms with E-state index in [-0.39, 0.29) is 5.92 Å². The second-order valence-electron chi connectivity index (χ2n) is 7.87. The minimum absolute atomic E-state index is 0.125. The Morgan fingerprint density at radius 3 is 2.11 bits per heavy atom. The van der Waals surface area contributed by atoms with Crippen LogP contribution in [0, 0.1) is 40.5 Å². The van der Waals surface area contributed by atoms with Gasteiger partial charge >= 0.3 is 0 Å². The molecule has 27 heavy (non-hydrogen) atoms. The third-order valence-corrected chi connectivity index (χ3v) is 6.44. The van der Waals surface area contributed by atoms with Crippen molar-refractivity contribution in [2.75, 3.05) is 0 Å². The monoisotopic (exact) mass is 358 g/mol. The maximum absolute atomic E-state index is 12.9. The van der Waals surface area contributed by atoms with Crippen molar-refractivity contribution in [3.8, 4) is 0 Å². The SMILES string of the molecule is Cc1c(C)c(C)c(CC2CC/C(=C\C=C\c3ccccc3)C2=O)c(C)c1C. The van der Waals surface area contributed by atoms with Crippen molar-refractivity contribution in [3.63, 3.8) is 0 Å². The first-order valence-electron chi connectivity index (χ1n) is 9.92. The Morgan fingerprint density at radius 2 is 1.48 bits per heavy atom. The molecular weight excluding hydrogens is 328 g/mol. The van der Waals surface area contributed by atoms with E-state index in [0.29, 0.717) is 5.78 Å². The topological polar surface area (TPSA) is 17.1 Å². The van der Waals surface area contributed by atoms with E-state index in [2.05, 4.69) is 52.8 Å². The predicted octanol–water partition coefficient (Wildman–Crippen LogP) is 6.39. The van der Waals surface area contributed by atoms with Crippen molar-refractivity contribution in [2.24, 2.45) is 5.92 Å². The molecule has 1 unspecified atom stereocenters. The molecule has 0 spiro atoms. The first-order chi connectivity index (χ1) is 12.9. The molecule has 0 amide bonds. The molecule has 0 heterocycles. The summed E-state index contributed by atoms with van der Waals surface area (Å²) in [6, 6.07) is 10.2. The number of ketones is 1. The molecule has 1 aliphatic rings. The highest BCUT2D eigenvalue weighted by atomic mass is 16.1. The van der Waals surface area contributed by atoms with Gasteiger partial charge in [0.15, 0.2) is 5.78 Å². The van der Waals surface area contributed by atoms with Gasteiger partial charge in [-0.2, -0.15) is 0 Å². The van der Waals surface area contributed by atoms with E-state index in [1.165, 1.54) is 33.4 Å². The first-order valence-corrected chi connectivity index (χ1v) is 9.92. The Hall–Kier alpha value is -2.41. The normalized spacial score (nSPS) is 18.8. The molecule has 0 N–H and O–H groups in total. The molecule has 0 radical (unpaired) electrons. The minimum atomic E-state index is 0.125. The standard InChI is InChI=1S/C26H30O/c1-17-18(2)20(4)25(21(5)19(17)3)16-24-15-14-23(26(24)27)13-9-12-22-10-7-6-8-11-22/h6-13,24H,14-16H2,1-5H3/b12-9+,23-13+. The van der Waals surface area contributed by atoms with Gasteiger partial charge in [0.25, 0.3) is 0 Å². The van der Waals surface area contributed by atoms with E-state index in [1.807, 2.05) is 30.4 Å². The average molecular weight is 359 g/mol. The summed E-state index contributed by atoms with van der Waals surface area (Å²) in [7, 11) is 0. The summed E-state index contributed by atoms with van der Waals surface area (Å²) in [4.78, 5) is 12.9. The van der Waals surface area contributed by atoms with Crippen LogP contribution in [0.25, 0.3) is 6.08 Å². The lowest BCUT2D eigenvalue weighted by molar-refractivity contribution is -0.117. The fraction of sp³-hybridized carbons (Fsp3) is 0.346. The van der Waals surface area contributed by atoms with Crippen molar-refractivity contribution >= 4 is 11.9 Å². The smallest absolute Gasteiger partial charge is 0.162 e. The Morgan fingerprint density at radius 1 is 0.889 bits per heavy atom. The fourth-order valence-corrected chi connectivity index (χ4v) is 4.18. The Balaban J connectivity index is 1.77.